The van der Waals surface area contributed by atoms with Crippen LogP contribution >= 0.6 is 12.4 Å². The van der Waals surface area contributed by atoms with Gasteiger partial charge in [-0.05, 0) is 37.8 Å². The lowest BCUT2D eigenvalue weighted by Gasteiger charge is -2.28. The standard InChI is InChI=1S/C15H21N3O2.ClH/c1-15(14(16)20,12-5-3-2-4-6-12)18-13(19)10-17-9-11-7-8-11;/h2-6,11,17H,7-10H2,1H3,(H2,16,20)(H,18,19);1H. The van der Waals surface area contributed by atoms with Crippen LogP contribution in [0.5, 0.6) is 0 Å². The maximum Gasteiger partial charge on any atom is 0.247 e. The number of benzene rings is 1. The van der Waals surface area contributed by atoms with Crippen molar-refractivity contribution in [1.29, 1.82) is 0 Å². The van der Waals surface area contributed by atoms with Crippen LogP contribution in [0.1, 0.15) is 25.3 Å². The van der Waals surface area contributed by atoms with Crippen LogP contribution in [0.3, 0.4) is 0 Å². The molecule has 1 fully saturated rings. The molecule has 0 aliphatic heterocycles. The van der Waals surface area contributed by atoms with Crippen LogP contribution in [-0.4, -0.2) is 24.9 Å². The predicted molar refractivity (Wildman–Crippen MR) is 84.0 cm³/mol. The second-order valence-electron chi connectivity index (χ2n) is 5.48. The third kappa shape index (κ3) is 4.72. The molecule has 6 heteroatoms. The summed E-state index contributed by atoms with van der Waals surface area (Å²) in [4.78, 5) is 23.7. The summed E-state index contributed by atoms with van der Waals surface area (Å²) < 4.78 is 0. The number of halogens is 1. The zero-order chi connectivity index (χ0) is 14.6. The highest BCUT2D eigenvalue weighted by Gasteiger charge is 2.34. The van der Waals surface area contributed by atoms with Crippen molar-refractivity contribution in [2.75, 3.05) is 13.1 Å². The minimum atomic E-state index is -1.18. The van der Waals surface area contributed by atoms with Gasteiger partial charge in [0.1, 0.15) is 5.54 Å². The summed E-state index contributed by atoms with van der Waals surface area (Å²) >= 11 is 0. The Labute approximate surface area is 131 Å². The molecule has 1 saturated carbocycles. The van der Waals surface area contributed by atoms with Gasteiger partial charge in [0.15, 0.2) is 0 Å². The van der Waals surface area contributed by atoms with E-state index in [0.29, 0.717) is 11.5 Å². The largest absolute Gasteiger partial charge is 0.367 e. The van der Waals surface area contributed by atoms with Gasteiger partial charge in [-0.1, -0.05) is 30.3 Å². The Kier molecular flexibility index (Phi) is 6.18. The topological polar surface area (TPSA) is 84.2 Å². The van der Waals surface area contributed by atoms with E-state index in [1.807, 2.05) is 18.2 Å². The van der Waals surface area contributed by atoms with E-state index in [1.165, 1.54) is 12.8 Å². The Hall–Kier alpha value is -1.59. The highest BCUT2D eigenvalue weighted by atomic mass is 35.5. The fraction of sp³-hybridized carbons (Fsp3) is 0.467. The molecule has 0 radical (unpaired) electrons. The van der Waals surface area contributed by atoms with E-state index in [2.05, 4.69) is 10.6 Å². The Balaban J connectivity index is 0.00000220. The molecule has 0 saturated heterocycles. The van der Waals surface area contributed by atoms with Gasteiger partial charge in [0, 0.05) is 0 Å². The van der Waals surface area contributed by atoms with Crippen molar-refractivity contribution in [3.63, 3.8) is 0 Å². The van der Waals surface area contributed by atoms with Crippen LogP contribution < -0.4 is 16.4 Å². The summed E-state index contributed by atoms with van der Waals surface area (Å²) in [5.41, 5.74) is 4.97. The summed E-state index contributed by atoms with van der Waals surface area (Å²) in [6, 6.07) is 9.04. The van der Waals surface area contributed by atoms with E-state index in [1.54, 1.807) is 19.1 Å². The van der Waals surface area contributed by atoms with E-state index < -0.39 is 11.4 Å². The molecule has 1 unspecified atom stereocenters. The first kappa shape index (κ1) is 17.5. The van der Waals surface area contributed by atoms with Crippen LogP contribution in [0.2, 0.25) is 0 Å². The van der Waals surface area contributed by atoms with Crippen LogP contribution in [0.15, 0.2) is 30.3 Å². The molecule has 1 aromatic carbocycles. The van der Waals surface area contributed by atoms with Crippen LogP contribution in [-0.2, 0) is 15.1 Å². The summed E-state index contributed by atoms with van der Waals surface area (Å²) in [6.07, 6.45) is 2.47. The molecule has 1 aliphatic rings. The van der Waals surface area contributed by atoms with Crippen molar-refractivity contribution in [3.05, 3.63) is 35.9 Å². The number of nitrogens with two attached hydrogens (primary N) is 1. The fourth-order valence-corrected chi connectivity index (χ4v) is 2.08. The van der Waals surface area contributed by atoms with Crippen LogP contribution in [0.25, 0.3) is 0 Å². The maximum atomic E-state index is 12.0. The van der Waals surface area contributed by atoms with Gasteiger partial charge < -0.3 is 16.4 Å². The molecule has 0 aromatic heterocycles. The molecule has 1 atom stereocenters. The molecule has 21 heavy (non-hydrogen) atoms. The van der Waals surface area contributed by atoms with E-state index in [4.69, 9.17) is 5.73 Å². The van der Waals surface area contributed by atoms with Crippen molar-refractivity contribution in [3.8, 4) is 0 Å². The molecular weight excluding hydrogens is 290 g/mol. The van der Waals surface area contributed by atoms with Gasteiger partial charge in [0.25, 0.3) is 0 Å². The van der Waals surface area contributed by atoms with E-state index in [-0.39, 0.29) is 24.9 Å². The number of rotatable bonds is 7. The van der Waals surface area contributed by atoms with Crippen LogP contribution in [0.4, 0.5) is 0 Å². The molecule has 1 aliphatic carbocycles. The molecule has 0 spiro atoms. The van der Waals surface area contributed by atoms with Crippen molar-refractivity contribution >= 4 is 24.2 Å². The summed E-state index contributed by atoms with van der Waals surface area (Å²) in [5.74, 6) is -0.0884. The summed E-state index contributed by atoms with van der Waals surface area (Å²) in [7, 11) is 0. The number of amides is 2. The lowest BCUT2D eigenvalue weighted by Crippen LogP contribution is -2.54. The van der Waals surface area contributed by atoms with Crippen molar-refractivity contribution in [1.82, 2.24) is 10.6 Å². The average Bonchev–Trinajstić information content (AvgIpc) is 3.23. The molecular formula is C15H22ClN3O2. The quantitative estimate of drug-likeness (QED) is 0.700. The molecule has 2 amide bonds. The van der Waals surface area contributed by atoms with Gasteiger partial charge in [-0.3, -0.25) is 9.59 Å². The molecule has 116 valence electrons. The Bertz CT molecular complexity index is 491. The highest BCUT2D eigenvalue weighted by molar-refractivity contribution is 5.91. The minimum Gasteiger partial charge on any atom is -0.367 e. The maximum absolute atomic E-state index is 12.0. The van der Waals surface area contributed by atoms with Gasteiger partial charge in [-0.15, -0.1) is 12.4 Å². The number of primary amides is 1. The number of carbonyl (C=O) groups is 2. The summed E-state index contributed by atoms with van der Waals surface area (Å²) in [5, 5.41) is 5.82. The van der Waals surface area contributed by atoms with E-state index in [9.17, 15) is 9.59 Å². The number of hydrogen-bond donors (Lipinski definition) is 3. The van der Waals surface area contributed by atoms with Crippen molar-refractivity contribution in [2.45, 2.75) is 25.3 Å². The first-order chi connectivity index (χ1) is 9.52. The molecule has 4 N–H and O–H groups in total. The minimum absolute atomic E-state index is 0. The van der Waals surface area contributed by atoms with Gasteiger partial charge >= 0.3 is 0 Å². The molecule has 0 heterocycles. The zero-order valence-corrected chi connectivity index (χ0v) is 12.9. The van der Waals surface area contributed by atoms with Crippen molar-refractivity contribution < 1.29 is 9.59 Å². The molecule has 5 nitrogen and oxygen atoms in total. The third-order valence-electron chi connectivity index (χ3n) is 3.65. The zero-order valence-electron chi connectivity index (χ0n) is 12.1. The molecule has 1 aromatic rings. The predicted octanol–water partition coefficient (Wildman–Crippen LogP) is 0.925. The number of nitrogens with one attached hydrogen (secondary N) is 2. The lowest BCUT2D eigenvalue weighted by molar-refractivity contribution is -0.131. The Morgan fingerprint density at radius 3 is 2.43 bits per heavy atom. The van der Waals surface area contributed by atoms with Gasteiger partial charge in [-0.25, -0.2) is 0 Å². The summed E-state index contributed by atoms with van der Waals surface area (Å²) in [6.45, 7) is 2.68. The molecule has 0 bridgehead atoms. The Morgan fingerprint density at radius 2 is 1.90 bits per heavy atom. The fourth-order valence-electron chi connectivity index (χ4n) is 2.08. The van der Waals surface area contributed by atoms with Crippen molar-refractivity contribution in [2.24, 2.45) is 11.7 Å². The second-order valence-corrected chi connectivity index (χ2v) is 5.48. The second kappa shape index (κ2) is 7.43. The SMILES string of the molecule is CC(NC(=O)CNCC1CC1)(C(N)=O)c1ccccc1.Cl. The third-order valence-corrected chi connectivity index (χ3v) is 3.65. The smallest absolute Gasteiger partial charge is 0.247 e. The molecule has 2 rings (SSSR count). The Morgan fingerprint density at radius 1 is 1.29 bits per heavy atom. The lowest BCUT2D eigenvalue weighted by atomic mass is 9.91. The van der Waals surface area contributed by atoms with Gasteiger partial charge in [0.2, 0.25) is 11.8 Å². The number of hydrogen-bond acceptors (Lipinski definition) is 3. The monoisotopic (exact) mass is 311 g/mol. The first-order valence-electron chi connectivity index (χ1n) is 6.89. The first-order valence-corrected chi connectivity index (χ1v) is 6.89. The van der Waals surface area contributed by atoms with E-state index >= 15 is 0 Å². The van der Waals surface area contributed by atoms with Gasteiger partial charge in [0.05, 0.1) is 6.54 Å². The number of carbonyl (C=O) groups excluding carboxylic acids is 2. The van der Waals surface area contributed by atoms with Crippen LogP contribution in [0, 0.1) is 5.92 Å². The van der Waals surface area contributed by atoms with Gasteiger partial charge in [-0.2, -0.15) is 0 Å². The average molecular weight is 312 g/mol. The normalized spacial score (nSPS) is 16.4. The van der Waals surface area contributed by atoms with E-state index in [0.717, 1.165) is 6.54 Å². The highest BCUT2D eigenvalue weighted by Crippen LogP contribution is 2.27.